The molecule has 0 radical (unpaired) electrons. The number of rotatable bonds is 3. The van der Waals surface area contributed by atoms with E-state index in [9.17, 15) is 5.11 Å². The van der Waals surface area contributed by atoms with Crippen molar-refractivity contribution in [2.45, 2.75) is 31.9 Å². The van der Waals surface area contributed by atoms with Crippen molar-refractivity contribution in [3.63, 3.8) is 0 Å². The molecule has 2 atom stereocenters. The predicted octanol–water partition coefficient (Wildman–Crippen LogP) is 1.63. The number of hydrogen-bond donors (Lipinski definition) is 1. The van der Waals surface area contributed by atoms with Crippen molar-refractivity contribution >= 4 is 11.6 Å². The fourth-order valence-corrected chi connectivity index (χ4v) is 1.85. The second-order valence-corrected chi connectivity index (χ2v) is 3.88. The standard InChI is InChI=1S/C10H18ClNO/c1-9-10(13)5-4-8-12(9)7-3-2-6-11/h2-3,9-10,13H,4-8H2,1H3/b3-2+. The first-order valence-electron chi connectivity index (χ1n) is 4.88. The van der Waals surface area contributed by atoms with Crippen LogP contribution in [0.5, 0.6) is 0 Å². The molecular formula is C10H18ClNO. The van der Waals surface area contributed by atoms with Crippen molar-refractivity contribution in [1.29, 1.82) is 0 Å². The molecule has 1 heterocycles. The summed E-state index contributed by atoms with van der Waals surface area (Å²) in [5.41, 5.74) is 0. The van der Waals surface area contributed by atoms with Gasteiger partial charge in [-0.15, -0.1) is 11.6 Å². The summed E-state index contributed by atoms with van der Waals surface area (Å²) in [6, 6.07) is 0.286. The number of alkyl halides is 1. The summed E-state index contributed by atoms with van der Waals surface area (Å²) in [7, 11) is 0. The van der Waals surface area contributed by atoms with Gasteiger partial charge in [0.2, 0.25) is 0 Å². The lowest BCUT2D eigenvalue weighted by molar-refractivity contribution is 0.0263. The Morgan fingerprint density at radius 2 is 2.31 bits per heavy atom. The first-order chi connectivity index (χ1) is 6.25. The van der Waals surface area contributed by atoms with Gasteiger partial charge in [-0.05, 0) is 26.3 Å². The van der Waals surface area contributed by atoms with E-state index in [1.54, 1.807) is 0 Å². The van der Waals surface area contributed by atoms with Gasteiger partial charge in [0.1, 0.15) is 0 Å². The van der Waals surface area contributed by atoms with Gasteiger partial charge in [0.25, 0.3) is 0 Å². The van der Waals surface area contributed by atoms with E-state index in [1.165, 1.54) is 0 Å². The highest BCUT2D eigenvalue weighted by Gasteiger charge is 2.24. The number of allylic oxidation sites excluding steroid dienone is 1. The van der Waals surface area contributed by atoms with Crippen LogP contribution >= 0.6 is 11.6 Å². The maximum Gasteiger partial charge on any atom is 0.0693 e. The minimum atomic E-state index is -0.154. The molecule has 1 saturated heterocycles. The number of aliphatic hydroxyl groups is 1. The van der Waals surface area contributed by atoms with Crippen LogP contribution in [0.4, 0.5) is 0 Å². The molecule has 3 heteroatoms. The molecule has 0 aliphatic carbocycles. The van der Waals surface area contributed by atoms with Gasteiger partial charge in [-0.25, -0.2) is 0 Å². The fourth-order valence-electron chi connectivity index (χ4n) is 1.72. The lowest BCUT2D eigenvalue weighted by atomic mass is 10.0. The summed E-state index contributed by atoms with van der Waals surface area (Å²) < 4.78 is 0. The number of halogens is 1. The highest BCUT2D eigenvalue weighted by atomic mass is 35.5. The van der Waals surface area contributed by atoms with Gasteiger partial charge in [-0.2, -0.15) is 0 Å². The smallest absolute Gasteiger partial charge is 0.0693 e. The van der Waals surface area contributed by atoms with Gasteiger partial charge in [0.05, 0.1) is 6.10 Å². The highest BCUT2D eigenvalue weighted by molar-refractivity contribution is 6.18. The van der Waals surface area contributed by atoms with Gasteiger partial charge >= 0.3 is 0 Å². The number of likely N-dealkylation sites (tertiary alicyclic amines) is 1. The van der Waals surface area contributed by atoms with E-state index in [0.717, 1.165) is 25.9 Å². The summed E-state index contributed by atoms with van der Waals surface area (Å²) in [4.78, 5) is 2.29. The number of nitrogens with zero attached hydrogens (tertiary/aromatic N) is 1. The molecule has 0 aromatic carbocycles. The molecule has 0 saturated carbocycles. The van der Waals surface area contributed by atoms with Crippen LogP contribution in [0, 0.1) is 0 Å². The number of aliphatic hydroxyl groups excluding tert-OH is 1. The molecule has 0 aromatic heterocycles. The summed E-state index contributed by atoms with van der Waals surface area (Å²) in [5.74, 6) is 0.574. The first-order valence-corrected chi connectivity index (χ1v) is 5.42. The maximum atomic E-state index is 9.61. The van der Waals surface area contributed by atoms with Crippen molar-refractivity contribution in [1.82, 2.24) is 4.90 Å². The predicted molar refractivity (Wildman–Crippen MR) is 56.1 cm³/mol. The van der Waals surface area contributed by atoms with Crippen LogP contribution in [-0.4, -0.2) is 41.1 Å². The van der Waals surface area contributed by atoms with Gasteiger partial charge in [0, 0.05) is 18.5 Å². The van der Waals surface area contributed by atoms with Crippen LogP contribution in [-0.2, 0) is 0 Å². The SMILES string of the molecule is CC1C(O)CCCN1C/C=C/CCl. The molecule has 2 nitrogen and oxygen atoms in total. The van der Waals surface area contributed by atoms with Crippen LogP contribution in [0.3, 0.4) is 0 Å². The third kappa shape index (κ3) is 3.29. The molecule has 1 aliphatic rings. The van der Waals surface area contributed by atoms with Crippen molar-refractivity contribution in [2.75, 3.05) is 19.0 Å². The van der Waals surface area contributed by atoms with Crippen LogP contribution in [0.15, 0.2) is 12.2 Å². The van der Waals surface area contributed by atoms with E-state index in [2.05, 4.69) is 17.9 Å². The zero-order valence-corrected chi connectivity index (χ0v) is 8.87. The van der Waals surface area contributed by atoms with E-state index >= 15 is 0 Å². The zero-order chi connectivity index (χ0) is 9.68. The average Bonchev–Trinajstić information content (AvgIpc) is 2.13. The van der Waals surface area contributed by atoms with Crippen molar-refractivity contribution in [3.05, 3.63) is 12.2 Å². The molecule has 13 heavy (non-hydrogen) atoms. The molecule has 1 fully saturated rings. The van der Waals surface area contributed by atoms with Crippen molar-refractivity contribution < 1.29 is 5.11 Å². The van der Waals surface area contributed by atoms with Crippen molar-refractivity contribution in [2.24, 2.45) is 0 Å². The molecule has 0 aromatic rings. The minimum Gasteiger partial charge on any atom is -0.392 e. The van der Waals surface area contributed by atoms with Gasteiger partial charge in [-0.1, -0.05) is 12.2 Å². The second-order valence-electron chi connectivity index (χ2n) is 3.57. The molecule has 2 unspecified atom stereocenters. The molecule has 0 bridgehead atoms. The van der Waals surface area contributed by atoms with Crippen molar-refractivity contribution in [3.8, 4) is 0 Å². The topological polar surface area (TPSA) is 23.5 Å². The molecule has 1 N–H and O–H groups in total. The zero-order valence-electron chi connectivity index (χ0n) is 8.12. The summed E-state index contributed by atoms with van der Waals surface area (Å²) >= 11 is 5.53. The third-order valence-corrected chi connectivity index (χ3v) is 2.85. The Morgan fingerprint density at radius 1 is 1.54 bits per heavy atom. The quantitative estimate of drug-likeness (QED) is 0.557. The lowest BCUT2D eigenvalue weighted by Crippen LogP contribution is -2.46. The van der Waals surface area contributed by atoms with Gasteiger partial charge in [-0.3, -0.25) is 4.90 Å². The Morgan fingerprint density at radius 3 is 3.00 bits per heavy atom. The first kappa shape index (κ1) is 11.0. The maximum absolute atomic E-state index is 9.61. The van der Waals surface area contributed by atoms with E-state index in [4.69, 9.17) is 11.6 Å². The van der Waals surface area contributed by atoms with Crippen LogP contribution in [0.1, 0.15) is 19.8 Å². The number of hydrogen-bond acceptors (Lipinski definition) is 2. The molecule has 76 valence electrons. The monoisotopic (exact) mass is 203 g/mol. The second kappa shape index (κ2) is 5.63. The summed E-state index contributed by atoms with van der Waals surface area (Å²) in [6.45, 7) is 4.08. The van der Waals surface area contributed by atoms with Gasteiger partial charge in [0.15, 0.2) is 0 Å². The fraction of sp³-hybridized carbons (Fsp3) is 0.800. The van der Waals surface area contributed by atoms with E-state index in [0.29, 0.717) is 5.88 Å². The molecular weight excluding hydrogens is 186 g/mol. The largest absolute Gasteiger partial charge is 0.392 e. The lowest BCUT2D eigenvalue weighted by Gasteiger charge is -2.36. The van der Waals surface area contributed by atoms with E-state index in [1.807, 2.05) is 6.08 Å². The number of piperidine rings is 1. The Hall–Kier alpha value is -0.0500. The third-order valence-electron chi connectivity index (χ3n) is 2.67. The van der Waals surface area contributed by atoms with Gasteiger partial charge < -0.3 is 5.11 Å². The normalized spacial score (nSPS) is 31.3. The minimum absolute atomic E-state index is 0.154. The Bertz CT molecular complexity index is 172. The summed E-state index contributed by atoms with van der Waals surface area (Å²) in [6.07, 6.45) is 5.91. The van der Waals surface area contributed by atoms with Crippen LogP contribution in [0.25, 0.3) is 0 Å². The summed E-state index contributed by atoms with van der Waals surface area (Å²) in [5, 5.41) is 9.61. The van der Waals surface area contributed by atoms with Crippen LogP contribution < -0.4 is 0 Å². The van der Waals surface area contributed by atoms with Crippen LogP contribution in [0.2, 0.25) is 0 Å². The molecule has 0 spiro atoms. The molecule has 0 amide bonds. The Labute approximate surface area is 85.2 Å². The molecule has 1 aliphatic heterocycles. The Balaban J connectivity index is 2.35. The average molecular weight is 204 g/mol. The van der Waals surface area contributed by atoms with E-state index in [-0.39, 0.29) is 12.1 Å². The highest BCUT2D eigenvalue weighted by Crippen LogP contribution is 2.16. The molecule has 1 rings (SSSR count). The Kier molecular flexibility index (Phi) is 4.78. The van der Waals surface area contributed by atoms with E-state index < -0.39 is 0 Å².